The average molecular weight is 377 g/mol. The van der Waals surface area contributed by atoms with Crippen LogP contribution in [-0.4, -0.2) is 21.5 Å². The Kier molecular flexibility index (Phi) is 4.69. The smallest absolute Gasteiger partial charge is 0.191 e. The van der Waals surface area contributed by atoms with Gasteiger partial charge in [-0.1, -0.05) is 72.4 Å². The van der Waals surface area contributed by atoms with Gasteiger partial charge in [-0.2, -0.15) is 0 Å². The molecule has 0 saturated carbocycles. The Morgan fingerprint density at radius 3 is 2.42 bits per heavy atom. The molecule has 0 aliphatic heterocycles. The minimum Gasteiger partial charge on any atom is -0.383 e. The van der Waals surface area contributed by atoms with Gasteiger partial charge >= 0.3 is 0 Å². The fraction of sp³-hybridized carbons (Fsp3) is 0.0500. The molecule has 6 heteroatoms. The van der Waals surface area contributed by atoms with Gasteiger partial charge in [-0.3, -0.25) is 4.79 Å². The maximum absolute atomic E-state index is 12.3. The molecular weight excluding hydrogens is 362 g/mol. The maximum Gasteiger partial charge on any atom is 0.191 e. The molecule has 0 unspecified atom stereocenters. The van der Waals surface area contributed by atoms with Crippen molar-refractivity contribution < 1.29 is 4.79 Å². The van der Waals surface area contributed by atoms with Crippen LogP contribution in [0.1, 0.15) is 10.4 Å². The zero-order valence-corrected chi connectivity index (χ0v) is 15.4. The first-order valence-corrected chi connectivity index (χ1v) is 9.90. The summed E-state index contributed by atoms with van der Waals surface area (Å²) in [5.74, 6) is 0.782. The van der Waals surface area contributed by atoms with Crippen LogP contribution >= 0.6 is 23.1 Å². The van der Waals surface area contributed by atoms with Crippen molar-refractivity contribution in [2.75, 3.05) is 11.5 Å². The van der Waals surface area contributed by atoms with Gasteiger partial charge in [-0.05, 0) is 5.56 Å². The lowest BCUT2D eigenvalue weighted by molar-refractivity contribution is 0.102. The second kappa shape index (κ2) is 7.27. The highest BCUT2D eigenvalue weighted by Crippen LogP contribution is 2.36. The van der Waals surface area contributed by atoms with E-state index < -0.39 is 0 Å². The Hall–Kier alpha value is -2.70. The van der Waals surface area contributed by atoms with E-state index in [2.05, 4.69) is 15.3 Å². The Morgan fingerprint density at radius 1 is 1.00 bits per heavy atom. The molecule has 0 amide bonds. The molecule has 2 heterocycles. The van der Waals surface area contributed by atoms with Crippen LogP contribution < -0.4 is 5.73 Å². The molecule has 128 valence electrons. The highest BCUT2D eigenvalue weighted by Gasteiger charge is 2.15. The number of hydrogen-bond acceptors (Lipinski definition) is 6. The van der Waals surface area contributed by atoms with E-state index in [9.17, 15) is 4.79 Å². The molecule has 0 fully saturated rings. The van der Waals surface area contributed by atoms with Crippen molar-refractivity contribution in [2.24, 2.45) is 0 Å². The van der Waals surface area contributed by atoms with Crippen LogP contribution in [0.4, 0.5) is 5.82 Å². The van der Waals surface area contributed by atoms with Crippen molar-refractivity contribution in [1.82, 2.24) is 9.97 Å². The van der Waals surface area contributed by atoms with Gasteiger partial charge in [0.2, 0.25) is 0 Å². The molecule has 0 spiro atoms. The van der Waals surface area contributed by atoms with Gasteiger partial charge in [-0.25, -0.2) is 9.97 Å². The summed E-state index contributed by atoms with van der Waals surface area (Å²) in [6.45, 7) is 0. The fourth-order valence-electron chi connectivity index (χ4n) is 2.68. The quantitative estimate of drug-likeness (QED) is 0.304. The minimum absolute atomic E-state index is 0.0500. The molecule has 2 aromatic heterocycles. The number of carbonyl (C=O) groups is 1. The van der Waals surface area contributed by atoms with E-state index in [4.69, 9.17) is 5.73 Å². The van der Waals surface area contributed by atoms with E-state index in [0.29, 0.717) is 16.5 Å². The Labute approximate surface area is 159 Å². The third-order valence-corrected chi connectivity index (χ3v) is 5.67. The lowest BCUT2D eigenvalue weighted by Gasteiger charge is -2.05. The molecule has 26 heavy (non-hydrogen) atoms. The second-order valence-corrected chi connectivity index (χ2v) is 7.47. The topological polar surface area (TPSA) is 68.9 Å². The molecule has 2 N–H and O–H groups in total. The van der Waals surface area contributed by atoms with Gasteiger partial charge in [0.15, 0.2) is 10.9 Å². The first kappa shape index (κ1) is 16.8. The fourth-order valence-corrected chi connectivity index (χ4v) is 4.44. The van der Waals surface area contributed by atoms with Gasteiger partial charge < -0.3 is 5.73 Å². The number of nitrogen functional groups attached to an aromatic ring is 1. The predicted octanol–water partition coefficient (Wildman–Crippen LogP) is 4.92. The Morgan fingerprint density at radius 2 is 1.69 bits per heavy atom. The minimum atomic E-state index is 0.0500. The lowest BCUT2D eigenvalue weighted by Crippen LogP contribution is -2.03. The van der Waals surface area contributed by atoms with Gasteiger partial charge in [0.05, 0.1) is 11.1 Å². The molecule has 2 aromatic carbocycles. The normalized spacial score (nSPS) is 10.9. The number of Topliss-reactive ketones (excluding diaryl/α,β-unsaturated/α-hetero) is 1. The number of carbonyl (C=O) groups excluding carboxylic acids is 1. The summed E-state index contributed by atoms with van der Waals surface area (Å²) < 4.78 is 0. The number of aromatic nitrogens is 2. The number of nitrogens with two attached hydrogens (primary N) is 1. The summed E-state index contributed by atoms with van der Waals surface area (Å²) in [5.41, 5.74) is 9.04. The van der Waals surface area contributed by atoms with E-state index in [1.54, 1.807) is 0 Å². The maximum atomic E-state index is 12.3. The van der Waals surface area contributed by atoms with Gasteiger partial charge in [0.1, 0.15) is 10.6 Å². The number of fused-ring (bicyclic) bond motifs is 1. The van der Waals surface area contributed by atoms with Gasteiger partial charge in [0.25, 0.3) is 0 Å². The second-order valence-electron chi connectivity index (χ2n) is 5.66. The monoisotopic (exact) mass is 377 g/mol. The van der Waals surface area contributed by atoms with Gasteiger partial charge in [-0.15, -0.1) is 11.3 Å². The molecule has 0 bridgehead atoms. The lowest BCUT2D eigenvalue weighted by atomic mass is 10.1. The third-order valence-electron chi connectivity index (χ3n) is 3.95. The highest BCUT2D eigenvalue weighted by atomic mass is 32.2. The van der Waals surface area contributed by atoms with Crippen LogP contribution in [0.5, 0.6) is 0 Å². The Bertz CT molecular complexity index is 1060. The summed E-state index contributed by atoms with van der Waals surface area (Å²) in [7, 11) is 0. The summed E-state index contributed by atoms with van der Waals surface area (Å²) in [4.78, 5) is 22.1. The first-order valence-electron chi connectivity index (χ1n) is 8.03. The highest BCUT2D eigenvalue weighted by molar-refractivity contribution is 7.99. The third kappa shape index (κ3) is 3.34. The number of thioether (sulfide) groups is 1. The van der Waals surface area contributed by atoms with Crippen LogP contribution in [0.2, 0.25) is 0 Å². The molecule has 0 radical (unpaired) electrons. The standard InChI is InChI=1S/C20H15N3OS2/c21-18-17-15(13-7-3-1-4-8-13)11-25-19(17)23-20(22-18)26-12-16(24)14-9-5-2-6-10-14/h1-11H,12H2,(H2,21,22,23). The van der Waals surface area contributed by atoms with E-state index in [-0.39, 0.29) is 11.5 Å². The van der Waals surface area contributed by atoms with E-state index >= 15 is 0 Å². The molecule has 4 nitrogen and oxygen atoms in total. The molecule has 4 aromatic rings. The molecule has 0 atom stereocenters. The zero-order chi connectivity index (χ0) is 17.9. The average Bonchev–Trinajstić information content (AvgIpc) is 3.12. The summed E-state index contributed by atoms with van der Waals surface area (Å²) in [5, 5.41) is 3.45. The number of nitrogens with zero attached hydrogens (tertiary/aromatic N) is 2. The van der Waals surface area contributed by atoms with E-state index in [0.717, 1.165) is 21.3 Å². The van der Waals surface area contributed by atoms with Crippen molar-refractivity contribution in [3.63, 3.8) is 0 Å². The summed E-state index contributed by atoms with van der Waals surface area (Å²) >= 11 is 2.85. The summed E-state index contributed by atoms with van der Waals surface area (Å²) in [6, 6.07) is 19.3. The van der Waals surface area contributed by atoms with Crippen LogP contribution in [0.15, 0.2) is 71.2 Å². The van der Waals surface area contributed by atoms with Crippen LogP contribution in [0, 0.1) is 0 Å². The van der Waals surface area contributed by atoms with Crippen molar-refractivity contribution in [3.8, 4) is 11.1 Å². The predicted molar refractivity (Wildman–Crippen MR) is 109 cm³/mol. The number of thiophene rings is 1. The van der Waals surface area contributed by atoms with E-state index in [1.165, 1.54) is 23.1 Å². The number of ketones is 1. The van der Waals surface area contributed by atoms with Crippen molar-refractivity contribution in [2.45, 2.75) is 5.16 Å². The van der Waals surface area contributed by atoms with Crippen molar-refractivity contribution in [1.29, 1.82) is 0 Å². The molecule has 4 rings (SSSR count). The number of hydrogen-bond donors (Lipinski definition) is 1. The van der Waals surface area contributed by atoms with Crippen molar-refractivity contribution in [3.05, 3.63) is 71.6 Å². The first-order chi connectivity index (χ1) is 12.7. The number of rotatable bonds is 5. The van der Waals surface area contributed by atoms with Crippen LogP contribution in [-0.2, 0) is 0 Å². The number of anilines is 1. The SMILES string of the molecule is Nc1nc(SCC(=O)c2ccccc2)nc2scc(-c3ccccc3)c12. The van der Waals surface area contributed by atoms with Crippen LogP contribution in [0.25, 0.3) is 21.3 Å². The Balaban J connectivity index is 1.59. The van der Waals surface area contributed by atoms with Gasteiger partial charge in [0, 0.05) is 16.5 Å². The molecule has 0 aliphatic rings. The molecule has 0 saturated heterocycles. The largest absolute Gasteiger partial charge is 0.383 e. The number of benzene rings is 2. The van der Waals surface area contributed by atoms with Crippen LogP contribution in [0.3, 0.4) is 0 Å². The van der Waals surface area contributed by atoms with Crippen molar-refractivity contribution >= 4 is 44.9 Å². The van der Waals surface area contributed by atoms with E-state index in [1.807, 2.05) is 60.7 Å². The molecule has 0 aliphatic carbocycles. The molecular formula is C20H15N3OS2. The summed E-state index contributed by atoms with van der Waals surface area (Å²) in [6.07, 6.45) is 0. The zero-order valence-electron chi connectivity index (χ0n) is 13.8.